The molecular formula is C10H14O3. The minimum Gasteiger partial charge on any atom is -0.362 e. The fourth-order valence-corrected chi connectivity index (χ4v) is 0.751. The Labute approximate surface area is 77.6 Å². The number of benzene rings is 1. The number of hydrogen-bond donors (Lipinski definition) is 2. The van der Waals surface area contributed by atoms with Crippen LogP contribution in [0, 0.1) is 0 Å². The van der Waals surface area contributed by atoms with Gasteiger partial charge in [-0.2, -0.15) is 0 Å². The molecule has 0 bridgehead atoms. The number of aliphatic hydroxyl groups is 2. The standard InChI is InChI=1S/C8H8O3.C2H6/c9-7(8(10)11)6-4-2-1-3-5-6;1-2/h1-5,8,10-11H;1-2H3. The van der Waals surface area contributed by atoms with Crippen molar-refractivity contribution in [1.29, 1.82) is 0 Å². The third-order valence-electron chi connectivity index (χ3n) is 1.29. The summed E-state index contributed by atoms with van der Waals surface area (Å²) in [4.78, 5) is 10.8. The van der Waals surface area contributed by atoms with Crippen molar-refractivity contribution in [3.63, 3.8) is 0 Å². The van der Waals surface area contributed by atoms with Crippen LogP contribution < -0.4 is 0 Å². The van der Waals surface area contributed by atoms with Gasteiger partial charge in [-0.05, 0) is 0 Å². The minimum absolute atomic E-state index is 0.308. The van der Waals surface area contributed by atoms with Crippen molar-refractivity contribution in [3.05, 3.63) is 35.9 Å². The molecule has 0 unspecified atom stereocenters. The van der Waals surface area contributed by atoms with E-state index in [1.165, 1.54) is 12.1 Å². The lowest BCUT2D eigenvalue weighted by atomic mass is 10.1. The molecule has 13 heavy (non-hydrogen) atoms. The summed E-state index contributed by atoms with van der Waals surface area (Å²) >= 11 is 0. The number of rotatable bonds is 2. The molecule has 0 aliphatic heterocycles. The van der Waals surface area contributed by atoms with E-state index in [0.29, 0.717) is 5.56 Å². The van der Waals surface area contributed by atoms with Crippen molar-refractivity contribution in [3.8, 4) is 0 Å². The highest BCUT2D eigenvalue weighted by Crippen LogP contribution is 2.01. The monoisotopic (exact) mass is 182 g/mol. The van der Waals surface area contributed by atoms with Crippen molar-refractivity contribution in [1.82, 2.24) is 0 Å². The van der Waals surface area contributed by atoms with E-state index in [2.05, 4.69) is 0 Å². The Hall–Kier alpha value is -1.19. The summed E-state index contributed by atoms with van der Waals surface area (Å²) in [6.45, 7) is 4.00. The Bertz CT molecular complexity index is 242. The van der Waals surface area contributed by atoms with Crippen LogP contribution in [0.2, 0.25) is 0 Å². The average molecular weight is 182 g/mol. The smallest absolute Gasteiger partial charge is 0.218 e. The third kappa shape index (κ3) is 3.83. The van der Waals surface area contributed by atoms with Crippen LogP contribution in [-0.4, -0.2) is 22.3 Å². The van der Waals surface area contributed by atoms with Gasteiger partial charge in [-0.1, -0.05) is 44.2 Å². The molecule has 3 heteroatoms. The van der Waals surface area contributed by atoms with Gasteiger partial charge in [-0.3, -0.25) is 4.79 Å². The second-order valence-electron chi connectivity index (χ2n) is 2.10. The van der Waals surface area contributed by atoms with Crippen molar-refractivity contribution < 1.29 is 15.0 Å². The number of aliphatic hydroxyl groups excluding tert-OH is 1. The van der Waals surface area contributed by atoms with Crippen LogP contribution in [0.4, 0.5) is 0 Å². The van der Waals surface area contributed by atoms with Gasteiger partial charge in [0.25, 0.3) is 0 Å². The van der Waals surface area contributed by atoms with E-state index in [9.17, 15) is 4.79 Å². The van der Waals surface area contributed by atoms with Crippen LogP contribution in [0.25, 0.3) is 0 Å². The van der Waals surface area contributed by atoms with E-state index in [4.69, 9.17) is 10.2 Å². The summed E-state index contributed by atoms with van der Waals surface area (Å²) in [5.41, 5.74) is 0.308. The molecule has 3 nitrogen and oxygen atoms in total. The van der Waals surface area contributed by atoms with Gasteiger partial charge in [-0.15, -0.1) is 0 Å². The fourth-order valence-electron chi connectivity index (χ4n) is 0.751. The summed E-state index contributed by atoms with van der Waals surface area (Å²) in [6, 6.07) is 8.13. The van der Waals surface area contributed by atoms with Gasteiger partial charge in [0.1, 0.15) is 0 Å². The number of Topliss-reactive ketones (excluding diaryl/α,β-unsaturated/α-hetero) is 1. The highest BCUT2D eigenvalue weighted by Gasteiger charge is 2.11. The maximum Gasteiger partial charge on any atom is 0.218 e. The van der Waals surface area contributed by atoms with Crippen LogP contribution in [-0.2, 0) is 0 Å². The quantitative estimate of drug-likeness (QED) is 0.534. The number of carbonyl (C=O) groups excluding carboxylic acids is 1. The van der Waals surface area contributed by atoms with Gasteiger partial charge in [0.2, 0.25) is 12.1 Å². The first-order valence-electron chi connectivity index (χ1n) is 4.17. The van der Waals surface area contributed by atoms with E-state index in [1.54, 1.807) is 18.2 Å². The van der Waals surface area contributed by atoms with Crippen LogP contribution in [0.5, 0.6) is 0 Å². The Morgan fingerprint density at radius 1 is 1.15 bits per heavy atom. The molecule has 0 atom stereocenters. The van der Waals surface area contributed by atoms with Crippen molar-refractivity contribution in [2.75, 3.05) is 0 Å². The van der Waals surface area contributed by atoms with Crippen LogP contribution in [0.3, 0.4) is 0 Å². The Morgan fingerprint density at radius 3 is 2.00 bits per heavy atom. The summed E-state index contributed by atoms with van der Waals surface area (Å²) in [7, 11) is 0. The molecule has 0 radical (unpaired) electrons. The van der Waals surface area contributed by atoms with Gasteiger partial charge in [0.05, 0.1) is 0 Å². The molecule has 0 fully saturated rings. The lowest BCUT2D eigenvalue weighted by Crippen LogP contribution is -2.18. The predicted molar refractivity (Wildman–Crippen MR) is 50.3 cm³/mol. The first kappa shape index (κ1) is 11.8. The lowest BCUT2D eigenvalue weighted by molar-refractivity contribution is -0.0195. The second-order valence-corrected chi connectivity index (χ2v) is 2.10. The maximum atomic E-state index is 10.8. The lowest BCUT2D eigenvalue weighted by Gasteiger charge is -2.00. The summed E-state index contributed by atoms with van der Waals surface area (Å²) in [6.07, 6.45) is -1.91. The molecule has 0 aliphatic rings. The van der Waals surface area contributed by atoms with Gasteiger partial charge in [-0.25, -0.2) is 0 Å². The third-order valence-corrected chi connectivity index (χ3v) is 1.29. The van der Waals surface area contributed by atoms with Crippen molar-refractivity contribution >= 4 is 5.78 Å². The van der Waals surface area contributed by atoms with Gasteiger partial charge in [0, 0.05) is 5.56 Å². The zero-order chi connectivity index (χ0) is 10.3. The van der Waals surface area contributed by atoms with Crippen LogP contribution in [0.1, 0.15) is 24.2 Å². The highest BCUT2D eigenvalue weighted by atomic mass is 16.5. The van der Waals surface area contributed by atoms with Crippen molar-refractivity contribution in [2.45, 2.75) is 20.1 Å². The maximum absolute atomic E-state index is 10.8. The predicted octanol–water partition coefficient (Wildman–Crippen LogP) is 1.21. The molecule has 0 aliphatic carbocycles. The topological polar surface area (TPSA) is 57.5 Å². The summed E-state index contributed by atoms with van der Waals surface area (Å²) in [5.74, 6) is -0.675. The zero-order valence-corrected chi connectivity index (χ0v) is 7.77. The largest absolute Gasteiger partial charge is 0.362 e. The fraction of sp³-hybridized carbons (Fsp3) is 0.300. The molecule has 0 aromatic heterocycles. The average Bonchev–Trinajstić information content (AvgIpc) is 2.21. The Kier molecular flexibility index (Phi) is 5.76. The highest BCUT2D eigenvalue weighted by molar-refractivity contribution is 5.98. The van der Waals surface area contributed by atoms with E-state index in [1.807, 2.05) is 13.8 Å². The Morgan fingerprint density at radius 2 is 1.62 bits per heavy atom. The molecule has 72 valence electrons. The summed E-state index contributed by atoms with van der Waals surface area (Å²) < 4.78 is 0. The van der Waals surface area contributed by atoms with Gasteiger partial charge < -0.3 is 10.2 Å². The molecule has 0 saturated carbocycles. The molecule has 0 saturated heterocycles. The first-order chi connectivity index (χ1) is 6.22. The van der Waals surface area contributed by atoms with E-state index >= 15 is 0 Å². The number of hydrogen-bond acceptors (Lipinski definition) is 3. The Balaban J connectivity index is 0.000000671. The van der Waals surface area contributed by atoms with Gasteiger partial charge in [0.15, 0.2) is 0 Å². The molecular weight excluding hydrogens is 168 g/mol. The molecule has 0 heterocycles. The zero-order valence-electron chi connectivity index (χ0n) is 7.77. The van der Waals surface area contributed by atoms with Gasteiger partial charge >= 0.3 is 0 Å². The molecule has 0 amide bonds. The first-order valence-corrected chi connectivity index (χ1v) is 4.17. The minimum atomic E-state index is -1.91. The molecule has 1 rings (SSSR count). The number of ketones is 1. The van der Waals surface area contributed by atoms with E-state index in [-0.39, 0.29) is 0 Å². The molecule has 1 aromatic carbocycles. The SMILES string of the molecule is CC.O=C(c1ccccc1)C(O)O. The molecule has 2 N–H and O–H groups in total. The molecule has 0 spiro atoms. The van der Waals surface area contributed by atoms with Crippen LogP contribution in [0.15, 0.2) is 30.3 Å². The van der Waals surface area contributed by atoms with E-state index < -0.39 is 12.1 Å². The van der Waals surface area contributed by atoms with Crippen LogP contribution >= 0.6 is 0 Å². The van der Waals surface area contributed by atoms with E-state index in [0.717, 1.165) is 0 Å². The summed E-state index contributed by atoms with van der Waals surface area (Å²) in [5, 5.41) is 17.0. The molecule has 1 aromatic rings. The second kappa shape index (κ2) is 6.34. The normalized spacial score (nSPS) is 9.00. The number of carbonyl (C=O) groups is 1. The van der Waals surface area contributed by atoms with Crippen molar-refractivity contribution in [2.24, 2.45) is 0 Å².